The molecule has 2 aliphatic heterocycles. The first-order valence-electron chi connectivity index (χ1n) is 27.6. The number of carbonyl (C=O) groups is 8. The number of likely N-dealkylation sites (N-methyl/N-ethyl adjacent to an activating group) is 2. The van der Waals surface area contributed by atoms with Crippen molar-refractivity contribution in [3.63, 3.8) is 0 Å². The van der Waals surface area contributed by atoms with Crippen molar-refractivity contribution in [3.05, 3.63) is 83.4 Å². The third-order valence-electron chi connectivity index (χ3n) is 15.1. The molecular weight excluding hydrogens is 997 g/mol. The number of likely N-dealkylation sites (tertiary alicyclic amines) is 1. The van der Waals surface area contributed by atoms with Crippen LogP contribution < -0.4 is 16.1 Å². The summed E-state index contributed by atoms with van der Waals surface area (Å²) in [5, 5.41) is 10.4. The minimum atomic E-state index is -0.803. The Balaban J connectivity index is 1.39. The van der Waals surface area contributed by atoms with E-state index in [0.29, 0.717) is 69.3 Å². The van der Waals surface area contributed by atoms with Crippen molar-refractivity contribution >= 4 is 53.0 Å². The third kappa shape index (κ3) is 18.1. The average molecular weight is 1090 g/mol. The quantitative estimate of drug-likeness (QED) is 0.0278. The lowest BCUT2D eigenvalue weighted by molar-refractivity contribution is -0.148. The van der Waals surface area contributed by atoms with Crippen LogP contribution in [-0.4, -0.2) is 170 Å². The van der Waals surface area contributed by atoms with Gasteiger partial charge in [0, 0.05) is 52.9 Å². The number of hydrogen-bond acceptors (Lipinski definition) is 13. The molecule has 1 saturated heterocycles. The SMILES string of the molecule is CC[C@H](C)[C@@H](C(CC(=O)N1CCC[C@H]1[C@H](OC)[C@@H](C)C(=O)N[C@H](COC(=O)c1ccc(C(C)=NNC(=O)CCCCCN2C(=O)C=CC2=O)cc1)Cc1ccccc1)OC)N(C)C(=O)[C@@H](NC(=O)[C@H](C(C)C)N(C)C)C(C)C. The number of amides is 7. The number of imide groups is 1. The number of nitrogens with one attached hydrogen (secondary N) is 3. The maximum Gasteiger partial charge on any atom is 0.338 e. The van der Waals surface area contributed by atoms with Crippen molar-refractivity contribution in [2.45, 2.75) is 156 Å². The van der Waals surface area contributed by atoms with Crippen LogP contribution in [0.4, 0.5) is 0 Å². The van der Waals surface area contributed by atoms with Crippen molar-refractivity contribution in [1.29, 1.82) is 0 Å². The molecule has 2 aromatic rings. The molecule has 19 heteroatoms. The molecule has 78 heavy (non-hydrogen) atoms. The van der Waals surface area contributed by atoms with Crippen molar-refractivity contribution < 1.29 is 52.6 Å². The molecule has 2 aliphatic rings. The number of carbonyl (C=O) groups excluding carboxylic acids is 8. The van der Waals surface area contributed by atoms with Crippen LogP contribution in [0.3, 0.4) is 0 Å². The molecule has 0 radical (unpaired) electrons. The lowest BCUT2D eigenvalue weighted by Crippen LogP contribution is -2.59. The Morgan fingerprint density at radius 2 is 1.44 bits per heavy atom. The fraction of sp³-hybridized carbons (Fsp3) is 0.610. The van der Waals surface area contributed by atoms with E-state index in [0.717, 1.165) is 5.56 Å². The fourth-order valence-corrected chi connectivity index (χ4v) is 10.6. The summed E-state index contributed by atoms with van der Waals surface area (Å²) >= 11 is 0. The summed E-state index contributed by atoms with van der Waals surface area (Å²) in [6.07, 6.45) is 5.51. The summed E-state index contributed by atoms with van der Waals surface area (Å²) in [5.41, 5.74) is 4.95. The minimum Gasteiger partial charge on any atom is -0.460 e. The van der Waals surface area contributed by atoms with Gasteiger partial charge < -0.3 is 34.6 Å². The van der Waals surface area contributed by atoms with E-state index in [2.05, 4.69) is 21.2 Å². The van der Waals surface area contributed by atoms with Gasteiger partial charge in [0.2, 0.25) is 29.5 Å². The zero-order valence-electron chi connectivity index (χ0n) is 48.4. The highest BCUT2D eigenvalue weighted by atomic mass is 16.5. The Morgan fingerprint density at radius 3 is 2.01 bits per heavy atom. The van der Waals surface area contributed by atoms with Gasteiger partial charge in [-0.2, -0.15) is 5.10 Å². The van der Waals surface area contributed by atoms with Gasteiger partial charge in [-0.1, -0.05) is 104 Å². The van der Waals surface area contributed by atoms with Crippen molar-refractivity contribution in [2.24, 2.45) is 28.8 Å². The van der Waals surface area contributed by atoms with E-state index in [1.165, 1.54) is 24.2 Å². The molecule has 2 aromatic carbocycles. The third-order valence-corrected chi connectivity index (χ3v) is 15.1. The van der Waals surface area contributed by atoms with E-state index in [4.69, 9.17) is 14.2 Å². The maximum atomic E-state index is 14.5. The van der Waals surface area contributed by atoms with Gasteiger partial charge in [0.25, 0.3) is 11.8 Å². The standard InChI is InChI=1S/C59H88N8O11/c1-14-39(6)54(65(11)58(74)52(37(2)3)61-57(73)53(38(4)5)64(9)10)47(76-12)35-51(71)66-33-21-24-46(66)55(77-13)40(7)56(72)60-45(34-42-22-17-15-18-23-42)36-78-59(75)44-28-26-43(27-29-44)41(8)62-63-48(68)25-19-16-20-32-67-49(69)30-31-50(67)70/h15,17-18,22-23,26-31,37-40,45-47,52-55H,14,16,19-21,24-25,32-36H2,1-13H3,(H,60,72)(H,61,73)(H,63,68)/t39-,40+,45-,46-,47?,52-,53-,54-,55+/m0/s1. The van der Waals surface area contributed by atoms with Crippen molar-refractivity contribution in [3.8, 4) is 0 Å². The Kier molecular flexibility index (Phi) is 25.8. The summed E-state index contributed by atoms with van der Waals surface area (Å²) in [6, 6.07) is 13.4. The van der Waals surface area contributed by atoms with Gasteiger partial charge in [-0.05, 0) is 94.1 Å². The first kappa shape index (κ1) is 64.2. The van der Waals surface area contributed by atoms with E-state index in [9.17, 15) is 38.4 Å². The zero-order valence-corrected chi connectivity index (χ0v) is 48.4. The van der Waals surface area contributed by atoms with Gasteiger partial charge in [-0.15, -0.1) is 0 Å². The number of ether oxygens (including phenoxy) is 3. The summed E-state index contributed by atoms with van der Waals surface area (Å²) < 4.78 is 18.0. The number of hydrogen-bond donors (Lipinski definition) is 3. The van der Waals surface area contributed by atoms with Crippen molar-refractivity contribution in [1.82, 2.24) is 35.7 Å². The van der Waals surface area contributed by atoms with Crippen LogP contribution in [0.15, 0.2) is 71.9 Å². The molecule has 1 fully saturated rings. The number of unbranched alkanes of at least 4 members (excludes halogenated alkanes) is 2. The number of benzene rings is 2. The maximum absolute atomic E-state index is 14.5. The first-order chi connectivity index (χ1) is 37.0. The second kappa shape index (κ2) is 31.3. The number of rotatable bonds is 31. The molecule has 9 atom stereocenters. The number of esters is 1. The van der Waals surface area contributed by atoms with E-state index in [-0.39, 0.29) is 84.1 Å². The highest BCUT2D eigenvalue weighted by Crippen LogP contribution is 2.30. The number of nitrogens with zero attached hydrogens (tertiary/aromatic N) is 5. The van der Waals surface area contributed by atoms with Crippen molar-refractivity contribution in [2.75, 3.05) is 55.1 Å². The molecule has 1 unspecified atom stereocenters. The molecule has 7 amide bonds. The van der Waals surface area contributed by atoms with Gasteiger partial charge in [0.1, 0.15) is 12.6 Å². The van der Waals surface area contributed by atoms with Crippen LogP contribution >= 0.6 is 0 Å². The monoisotopic (exact) mass is 1080 g/mol. The molecule has 4 rings (SSSR count). The lowest BCUT2D eigenvalue weighted by atomic mass is 9.89. The van der Waals surface area contributed by atoms with E-state index in [1.54, 1.807) is 62.1 Å². The minimum absolute atomic E-state index is 0.0147. The van der Waals surface area contributed by atoms with Gasteiger partial charge in [0.05, 0.1) is 60.0 Å². The fourth-order valence-electron chi connectivity index (χ4n) is 10.6. The van der Waals surface area contributed by atoms with Gasteiger partial charge in [-0.3, -0.25) is 43.4 Å². The number of methoxy groups -OCH3 is 2. The van der Waals surface area contributed by atoms with E-state index in [1.807, 2.05) is 90.9 Å². The van der Waals surface area contributed by atoms with Gasteiger partial charge in [-0.25, -0.2) is 10.2 Å². The highest BCUT2D eigenvalue weighted by Gasteiger charge is 2.43. The first-order valence-corrected chi connectivity index (χ1v) is 27.6. The molecule has 3 N–H and O–H groups in total. The van der Waals surface area contributed by atoms with E-state index < -0.39 is 54.3 Å². The molecule has 0 aromatic heterocycles. The summed E-state index contributed by atoms with van der Waals surface area (Å²) in [5.74, 6) is -3.52. The van der Waals surface area contributed by atoms with Crippen LogP contribution in [0.5, 0.6) is 0 Å². The summed E-state index contributed by atoms with van der Waals surface area (Å²) in [6.45, 7) is 15.9. The van der Waals surface area contributed by atoms with Gasteiger partial charge >= 0.3 is 5.97 Å². The van der Waals surface area contributed by atoms with Crippen LogP contribution in [0.1, 0.15) is 128 Å². The molecule has 430 valence electrons. The highest BCUT2D eigenvalue weighted by molar-refractivity contribution is 6.12. The average Bonchev–Trinajstić information content (AvgIpc) is 4.04. The zero-order chi connectivity index (χ0) is 57.8. The Labute approximate surface area is 462 Å². The molecule has 0 spiro atoms. The van der Waals surface area contributed by atoms with Crippen LogP contribution in [0, 0.1) is 23.7 Å². The van der Waals surface area contributed by atoms with Crippen LogP contribution in [-0.2, 0) is 54.2 Å². The number of hydrazone groups is 1. The molecule has 0 bridgehead atoms. The van der Waals surface area contributed by atoms with Gasteiger partial charge in [0.15, 0.2) is 0 Å². The molecule has 19 nitrogen and oxygen atoms in total. The Morgan fingerprint density at radius 1 is 0.795 bits per heavy atom. The predicted molar refractivity (Wildman–Crippen MR) is 299 cm³/mol. The second-order valence-electron chi connectivity index (χ2n) is 21.7. The molecule has 2 heterocycles. The largest absolute Gasteiger partial charge is 0.460 e. The topological polar surface area (TPSA) is 226 Å². The molecule has 0 saturated carbocycles. The Bertz CT molecular complexity index is 2370. The predicted octanol–water partition coefficient (Wildman–Crippen LogP) is 5.54. The molecular formula is C59H88N8O11. The smallest absolute Gasteiger partial charge is 0.338 e. The lowest BCUT2D eigenvalue weighted by Gasteiger charge is -2.41. The van der Waals surface area contributed by atoms with Crippen LogP contribution in [0.25, 0.3) is 0 Å². The Hall–Kier alpha value is -6.31. The normalized spacial score (nSPS) is 17.8. The summed E-state index contributed by atoms with van der Waals surface area (Å²) in [4.78, 5) is 113. The van der Waals surface area contributed by atoms with E-state index >= 15 is 0 Å². The van der Waals surface area contributed by atoms with Crippen LogP contribution in [0.2, 0.25) is 0 Å². The second-order valence-corrected chi connectivity index (χ2v) is 21.7. The summed E-state index contributed by atoms with van der Waals surface area (Å²) in [7, 11) is 8.49. The molecule has 0 aliphatic carbocycles.